The highest BCUT2D eigenvalue weighted by molar-refractivity contribution is 5.80. The Bertz CT molecular complexity index is 161. The highest BCUT2D eigenvalue weighted by Gasteiger charge is 1.89. The Labute approximate surface area is 104 Å². The molecular formula is C13H26O4. The quantitative estimate of drug-likeness (QED) is 0.371. The maximum absolute atomic E-state index is 9.84. The third-order valence-electron chi connectivity index (χ3n) is 2.18. The van der Waals surface area contributed by atoms with Crippen molar-refractivity contribution in [1.29, 1.82) is 0 Å². The van der Waals surface area contributed by atoms with Crippen molar-refractivity contribution in [2.24, 2.45) is 0 Å². The maximum atomic E-state index is 9.84. The van der Waals surface area contributed by atoms with Gasteiger partial charge in [-0.1, -0.05) is 38.7 Å². The van der Waals surface area contributed by atoms with Gasteiger partial charge in [0.2, 0.25) is 0 Å². The summed E-state index contributed by atoms with van der Waals surface area (Å²) in [6.45, 7) is 3.82. The molecule has 0 aromatic carbocycles. The van der Waals surface area contributed by atoms with E-state index < -0.39 is 5.97 Å². The van der Waals surface area contributed by atoms with Gasteiger partial charge in [0.15, 0.2) is 0 Å². The van der Waals surface area contributed by atoms with E-state index in [4.69, 9.17) is 10.2 Å². The second-order valence-electron chi connectivity index (χ2n) is 3.65. The van der Waals surface area contributed by atoms with E-state index in [1.54, 1.807) is 0 Å². The van der Waals surface area contributed by atoms with Crippen molar-refractivity contribution in [1.82, 2.24) is 0 Å². The van der Waals surface area contributed by atoms with Crippen LogP contribution in [0.25, 0.3) is 0 Å². The van der Waals surface area contributed by atoms with Crippen molar-refractivity contribution in [3.05, 3.63) is 12.7 Å². The molecule has 0 rings (SSSR count). The lowest BCUT2D eigenvalue weighted by Gasteiger charge is -1.98. The van der Waals surface area contributed by atoms with E-state index >= 15 is 0 Å². The van der Waals surface area contributed by atoms with E-state index in [1.807, 2.05) is 0 Å². The number of carbonyl (C=O) groups excluding carboxylic acids is 1. The third-order valence-corrected chi connectivity index (χ3v) is 2.18. The average Bonchev–Trinajstić information content (AvgIpc) is 2.37. The van der Waals surface area contributed by atoms with Crippen molar-refractivity contribution in [2.45, 2.75) is 44.9 Å². The molecule has 17 heavy (non-hydrogen) atoms. The summed E-state index contributed by atoms with van der Waals surface area (Å²) >= 11 is 0. The van der Waals surface area contributed by atoms with E-state index in [1.165, 1.54) is 26.4 Å². The van der Waals surface area contributed by atoms with Gasteiger partial charge in [-0.2, -0.15) is 0 Å². The summed E-state index contributed by atoms with van der Waals surface area (Å²) in [4.78, 5) is 9.84. The molecule has 0 aromatic rings. The predicted octanol–water partition coefficient (Wildman–Crippen LogP) is 2.05. The fraction of sp³-hybridized carbons (Fsp3) is 0.769. The van der Waals surface area contributed by atoms with Crippen LogP contribution in [0.5, 0.6) is 0 Å². The smallest absolute Gasteiger partial charge is 0.329 e. The van der Waals surface area contributed by atoms with Crippen molar-refractivity contribution >= 4 is 5.97 Å². The summed E-state index contributed by atoms with van der Waals surface area (Å²) in [5.74, 6) is -0.394. The summed E-state index contributed by atoms with van der Waals surface area (Å²) in [7, 11) is 1.31. The van der Waals surface area contributed by atoms with Gasteiger partial charge in [0.1, 0.15) is 0 Å². The summed E-state index contributed by atoms with van der Waals surface area (Å²) in [6.07, 6.45) is 9.00. The first-order valence-corrected chi connectivity index (χ1v) is 6.15. The first-order chi connectivity index (χ1) is 8.22. The Kier molecular flexibility index (Phi) is 19.1. The predicted molar refractivity (Wildman–Crippen MR) is 68.7 cm³/mol. The van der Waals surface area contributed by atoms with Crippen LogP contribution in [0.15, 0.2) is 12.7 Å². The molecule has 0 saturated heterocycles. The largest absolute Gasteiger partial charge is 0.466 e. The Morgan fingerprint density at radius 3 is 1.53 bits per heavy atom. The van der Waals surface area contributed by atoms with Crippen LogP contribution < -0.4 is 0 Å². The van der Waals surface area contributed by atoms with Crippen molar-refractivity contribution in [2.75, 3.05) is 20.3 Å². The Morgan fingerprint density at radius 1 is 1.00 bits per heavy atom. The van der Waals surface area contributed by atoms with Gasteiger partial charge in [-0.05, 0) is 12.8 Å². The van der Waals surface area contributed by atoms with E-state index in [0.717, 1.165) is 31.8 Å². The van der Waals surface area contributed by atoms with Crippen LogP contribution in [0.4, 0.5) is 0 Å². The van der Waals surface area contributed by atoms with E-state index in [-0.39, 0.29) is 0 Å². The van der Waals surface area contributed by atoms with Gasteiger partial charge < -0.3 is 14.9 Å². The molecule has 0 aromatic heterocycles. The topological polar surface area (TPSA) is 66.8 Å². The van der Waals surface area contributed by atoms with E-state index in [2.05, 4.69) is 11.3 Å². The first kappa shape index (κ1) is 18.5. The highest BCUT2D eigenvalue weighted by Crippen LogP contribution is 2.06. The molecule has 4 heteroatoms. The molecule has 2 N–H and O–H groups in total. The summed E-state index contributed by atoms with van der Waals surface area (Å²) in [6, 6.07) is 0. The van der Waals surface area contributed by atoms with Crippen LogP contribution in [0.1, 0.15) is 44.9 Å². The Balaban J connectivity index is 0. The molecule has 0 aliphatic carbocycles. The lowest BCUT2D eigenvalue weighted by Crippen LogP contribution is -1.91. The minimum absolute atomic E-state index is 0.330. The van der Waals surface area contributed by atoms with Crippen LogP contribution in [0.2, 0.25) is 0 Å². The van der Waals surface area contributed by atoms with Crippen LogP contribution in [0.3, 0.4) is 0 Å². The molecule has 0 heterocycles. The number of rotatable bonds is 9. The number of aliphatic hydroxyl groups is 2. The number of unbranched alkanes of at least 4 members (excludes halogenated alkanes) is 6. The lowest BCUT2D eigenvalue weighted by atomic mass is 10.1. The molecule has 4 nitrogen and oxygen atoms in total. The SMILES string of the molecule is C=CC(=O)OC.OCCCCCCCCCO. The molecule has 0 aliphatic heterocycles. The van der Waals surface area contributed by atoms with Gasteiger partial charge in [-0.15, -0.1) is 0 Å². The number of hydrogen-bond acceptors (Lipinski definition) is 4. The van der Waals surface area contributed by atoms with Crippen LogP contribution in [-0.4, -0.2) is 36.5 Å². The number of hydrogen-bond donors (Lipinski definition) is 2. The zero-order valence-corrected chi connectivity index (χ0v) is 10.9. The standard InChI is InChI=1S/C9H20O2.C4H6O2/c10-8-6-4-2-1-3-5-7-9-11;1-3-4(5)6-2/h10-11H,1-9H2;3H,1H2,2H3. The van der Waals surface area contributed by atoms with Crippen LogP contribution in [0, 0.1) is 0 Å². The molecule has 0 unspecified atom stereocenters. The van der Waals surface area contributed by atoms with Crippen molar-refractivity contribution in [3.63, 3.8) is 0 Å². The molecule has 102 valence electrons. The number of esters is 1. The second kappa shape index (κ2) is 17.5. The van der Waals surface area contributed by atoms with Gasteiger partial charge in [-0.25, -0.2) is 4.79 Å². The van der Waals surface area contributed by atoms with Gasteiger partial charge in [-0.3, -0.25) is 0 Å². The van der Waals surface area contributed by atoms with Crippen molar-refractivity contribution in [3.8, 4) is 0 Å². The molecular weight excluding hydrogens is 220 g/mol. The number of carbonyl (C=O) groups is 1. The van der Waals surface area contributed by atoms with E-state index in [9.17, 15) is 4.79 Å². The van der Waals surface area contributed by atoms with Crippen molar-refractivity contribution < 1.29 is 19.7 Å². The zero-order chi connectivity index (χ0) is 13.4. The molecule has 0 saturated carbocycles. The average molecular weight is 246 g/mol. The number of aliphatic hydroxyl groups excluding tert-OH is 2. The molecule has 0 radical (unpaired) electrons. The normalized spacial score (nSPS) is 9.12. The first-order valence-electron chi connectivity index (χ1n) is 6.15. The summed E-state index contributed by atoms with van der Waals surface area (Å²) < 4.78 is 4.14. The maximum Gasteiger partial charge on any atom is 0.329 e. The minimum atomic E-state index is -0.394. The Morgan fingerprint density at radius 2 is 1.35 bits per heavy atom. The molecule has 0 spiro atoms. The van der Waals surface area contributed by atoms with Gasteiger partial charge >= 0.3 is 5.97 Å². The minimum Gasteiger partial charge on any atom is -0.466 e. The lowest BCUT2D eigenvalue weighted by molar-refractivity contribution is -0.134. The monoisotopic (exact) mass is 246 g/mol. The number of ether oxygens (including phenoxy) is 1. The summed E-state index contributed by atoms with van der Waals surface area (Å²) in [5.41, 5.74) is 0. The molecule has 0 amide bonds. The van der Waals surface area contributed by atoms with E-state index in [0.29, 0.717) is 13.2 Å². The fourth-order valence-electron chi connectivity index (χ4n) is 1.19. The zero-order valence-electron chi connectivity index (χ0n) is 10.9. The Hall–Kier alpha value is -0.870. The molecule has 0 fully saturated rings. The molecule has 0 aliphatic rings. The second-order valence-corrected chi connectivity index (χ2v) is 3.65. The molecule has 0 bridgehead atoms. The number of methoxy groups -OCH3 is 1. The van der Waals surface area contributed by atoms with Crippen LogP contribution in [-0.2, 0) is 9.53 Å². The van der Waals surface area contributed by atoms with Crippen LogP contribution >= 0.6 is 0 Å². The molecule has 0 atom stereocenters. The van der Waals surface area contributed by atoms with Gasteiger partial charge in [0.25, 0.3) is 0 Å². The van der Waals surface area contributed by atoms with Gasteiger partial charge in [0.05, 0.1) is 7.11 Å². The fourth-order valence-corrected chi connectivity index (χ4v) is 1.19. The third kappa shape index (κ3) is 21.1. The van der Waals surface area contributed by atoms with Gasteiger partial charge in [0, 0.05) is 19.3 Å². The highest BCUT2D eigenvalue weighted by atomic mass is 16.5. The summed E-state index contributed by atoms with van der Waals surface area (Å²) in [5, 5.41) is 16.9.